The average molecular weight is 262 g/mol. The van der Waals surface area contributed by atoms with Gasteiger partial charge in [-0.2, -0.15) is 0 Å². The molecule has 0 aromatic carbocycles. The van der Waals surface area contributed by atoms with Crippen LogP contribution in [0.4, 0.5) is 0 Å². The molecule has 0 saturated heterocycles. The number of hydrogen-bond donors (Lipinski definition) is 0. The zero-order chi connectivity index (χ0) is 14.7. The monoisotopic (exact) mass is 262 g/mol. The molecule has 0 rings (SSSR count). The van der Waals surface area contributed by atoms with Crippen molar-refractivity contribution in [3.05, 3.63) is 123 Å². The lowest BCUT2D eigenvalue weighted by Gasteiger charge is -1.75. The zero-order valence-corrected chi connectivity index (χ0v) is 11.8. The summed E-state index contributed by atoms with van der Waals surface area (Å²) in [5.41, 5.74) is 0. The average Bonchev–Trinajstić information content (AvgIpc) is 2.47. The van der Waals surface area contributed by atoms with Crippen LogP contribution in [0.3, 0.4) is 0 Å². The van der Waals surface area contributed by atoms with Gasteiger partial charge < -0.3 is 0 Å². The van der Waals surface area contributed by atoms with Crippen molar-refractivity contribution >= 4 is 0 Å². The molecule has 102 valence electrons. The normalized spacial score (nSPS) is 13.8. The predicted molar refractivity (Wildman–Crippen MR) is 93.5 cm³/mol. The smallest absolute Gasteiger partial charge is 0.0623 e. The second-order valence-electron chi connectivity index (χ2n) is 3.55. The molecule has 0 heterocycles. The molecule has 0 bridgehead atoms. The lowest BCUT2D eigenvalue weighted by atomic mass is 10.3. The summed E-state index contributed by atoms with van der Waals surface area (Å²) in [5.74, 6) is 0. The third kappa shape index (κ3) is 15.4. The fourth-order valence-corrected chi connectivity index (χ4v) is 1.06. The standard InChI is InChI=1S/C20H22/c1-3-5-7-9-11-13-15-17-19-20-18-16-14-12-10-8-6-4-2/h3-20H,1-2H2/b7-5+,8-6?,11-9+,12-10+,15-13+,16-14+,19-17+,20-18+. The first kappa shape index (κ1) is 17.4. The van der Waals surface area contributed by atoms with E-state index in [2.05, 4.69) is 13.2 Å². The second-order valence-corrected chi connectivity index (χ2v) is 3.55. The summed E-state index contributed by atoms with van der Waals surface area (Å²) < 4.78 is 0. The SMILES string of the molecule is C=CC=C/C=C/C=C/C=C/C=C/C=C/C=C/C=C/C=C. The molecule has 0 spiro atoms. The van der Waals surface area contributed by atoms with Gasteiger partial charge in [-0.3, -0.25) is 0 Å². The first-order valence-electron chi connectivity index (χ1n) is 6.48. The third-order valence-corrected chi connectivity index (χ3v) is 1.94. The van der Waals surface area contributed by atoms with E-state index < -0.39 is 0 Å². The third-order valence-electron chi connectivity index (χ3n) is 1.94. The molecule has 0 aromatic rings. The Hall–Kier alpha value is -2.60. The van der Waals surface area contributed by atoms with Crippen molar-refractivity contribution in [2.45, 2.75) is 0 Å². The molecular formula is C20H22. The van der Waals surface area contributed by atoms with E-state index in [9.17, 15) is 0 Å². The summed E-state index contributed by atoms with van der Waals surface area (Å²) in [5, 5.41) is 0. The highest BCUT2D eigenvalue weighted by molar-refractivity contribution is 5.22. The maximum absolute atomic E-state index is 3.59. The summed E-state index contributed by atoms with van der Waals surface area (Å²) in [6.45, 7) is 7.19. The topological polar surface area (TPSA) is 0 Å². The highest BCUT2D eigenvalue weighted by atomic mass is 13.7. The maximum Gasteiger partial charge on any atom is -0.0623 e. The van der Waals surface area contributed by atoms with E-state index in [1.165, 1.54) is 0 Å². The first-order chi connectivity index (χ1) is 9.91. The van der Waals surface area contributed by atoms with Crippen LogP contribution in [0.1, 0.15) is 0 Å². The quantitative estimate of drug-likeness (QED) is 0.460. The van der Waals surface area contributed by atoms with Gasteiger partial charge >= 0.3 is 0 Å². The van der Waals surface area contributed by atoms with Gasteiger partial charge in [0.1, 0.15) is 0 Å². The van der Waals surface area contributed by atoms with Gasteiger partial charge in [0.15, 0.2) is 0 Å². The Bertz CT molecular complexity index is 426. The van der Waals surface area contributed by atoms with Crippen LogP contribution in [0.2, 0.25) is 0 Å². The van der Waals surface area contributed by atoms with Crippen molar-refractivity contribution < 1.29 is 0 Å². The Morgan fingerprint density at radius 2 is 0.400 bits per heavy atom. The van der Waals surface area contributed by atoms with Gasteiger partial charge in [-0.05, 0) is 0 Å². The summed E-state index contributed by atoms with van der Waals surface area (Å²) in [7, 11) is 0. The van der Waals surface area contributed by atoms with E-state index in [4.69, 9.17) is 0 Å². The molecule has 0 nitrogen and oxygen atoms in total. The van der Waals surface area contributed by atoms with Crippen molar-refractivity contribution in [2.24, 2.45) is 0 Å². The maximum atomic E-state index is 3.59. The van der Waals surface area contributed by atoms with E-state index in [0.29, 0.717) is 0 Å². The fraction of sp³-hybridized carbons (Fsp3) is 0. The van der Waals surface area contributed by atoms with E-state index in [1.54, 1.807) is 12.2 Å². The first-order valence-corrected chi connectivity index (χ1v) is 6.48. The molecule has 20 heavy (non-hydrogen) atoms. The Morgan fingerprint density at radius 3 is 0.550 bits per heavy atom. The minimum Gasteiger partial charge on any atom is -0.0991 e. The number of hydrogen-bond acceptors (Lipinski definition) is 0. The summed E-state index contributed by atoms with van der Waals surface area (Å²) in [6.07, 6.45) is 34.8. The summed E-state index contributed by atoms with van der Waals surface area (Å²) in [6, 6.07) is 0. The summed E-state index contributed by atoms with van der Waals surface area (Å²) >= 11 is 0. The molecule has 0 saturated carbocycles. The van der Waals surface area contributed by atoms with E-state index in [1.807, 2.05) is 97.2 Å². The molecule has 0 heteroatoms. The van der Waals surface area contributed by atoms with E-state index >= 15 is 0 Å². The molecule has 0 atom stereocenters. The lowest BCUT2D eigenvalue weighted by Crippen LogP contribution is -1.53. The minimum atomic E-state index is 1.75. The second kappa shape index (κ2) is 16.4. The van der Waals surface area contributed by atoms with Crippen LogP contribution in [0.5, 0.6) is 0 Å². The van der Waals surface area contributed by atoms with Crippen molar-refractivity contribution in [2.75, 3.05) is 0 Å². The fourth-order valence-electron chi connectivity index (χ4n) is 1.06. The van der Waals surface area contributed by atoms with Crippen molar-refractivity contribution in [3.63, 3.8) is 0 Å². The molecule has 0 aliphatic rings. The van der Waals surface area contributed by atoms with Gasteiger partial charge in [0.05, 0.1) is 0 Å². The van der Waals surface area contributed by atoms with Crippen LogP contribution in [-0.2, 0) is 0 Å². The van der Waals surface area contributed by atoms with Crippen LogP contribution in [0.25, 0.3) is 0 Å². The molecule has 0 aromatic heterocycles. The molecule has 0 radical (unpaired) electrons. The minimum absolute atomic E-state index is 1.75. The molecule has 0 aliphatic carbocycles. The van der Waals surface area contributed by atoms with Crippen molar-refractivity contribution in [1.29, 1.82) is 0 Å². The molecule has 0 amide bonds. The van der Waals surface area contributed by atoms with Gasteiger partial charge in [0, 0.05) is 0 Å². The predicted octanol–water partition coefficient (Wildman–Crippen LogP) is 5.81. The summed E-state index contributed by atoms with van der Waals surface area (Å²) in [4.78, 5) is 0. The van der Waals surface area contributed by atoms with Gasteiger partial charge in [0.2, 0.25) is 0 Å². The van der Waals surface area contributed by atoms with Gasteiger partial charge in [-0.25, -0.2) is 0 Å². The van der Waals surface area contributed by atoms with Gasteiger partial charge in [0.25, 0.3) is 0 Å². The van der Waals surface area contributed by atoms with Crippen LogP contribution < -0.4 is 0 Å². The Morgan fingerprint density at radius 1 is 0.250 bits per heavy atom. The van der Waals surface area contributed by atoms with Crippen LogP contribution in [0, 0.1) is 0 Å². The van der Waals surface area contributed by atoms with Crippen molar-refractivity contribution in [1.82, 2.24) is 0 Å². The molecule has 0 fully saturated rings. The molecule has 0 unspecified atom stereocenters. The van der Waals surface area contributed by atoms with Gasteiger partial charge in [-0.1, -0.05) is 123 Å². The highest BCUT2D eigenvalue weighted by Gasteiger charge is 1.64. The van der Waals surface area contributed by atoms with E-state index in [0.717, 1.165) is 0 Å². The Balaban J connectivity index is 3.86. The zero-order valence-electron chi connectivity index (χ0n) is 11.8. The number of rotatable bonds is 9. The number of allylic oxidation sites excluding steroid dienone is 18. The van der Waals surface area contributed by atoms with Crippen LogP contribution in [0.15, 0.2) is 123 Å². The molecular weight excluding hydrogens is 240 g/mol. The Kier molecular flexibility index (Phi) is 14.3. The van der Waals surface area contributed by atoms with Gasteiger partial charge in [-0.15, -0.1) is 0 Å². The highest BCUT2D eigenvalue weighted by Crippen LogP contribution is 1.86. The molecule has 0 N–H and O–H groups in total. The van der Waals surface area contributed by atoms with Crippen LogP contribution in [-0.4, -0.2) is 0 Å². The molecule has 0 aliphatic heterocycles. The van der Waals surface area contributed by atoms with Crippen LogP contribution >= 0.6 is 0 Å². The Labute approximate surface area is 123 Å². The van der Waals surface area contributed by atoms with Crippen molar-refractivity contribution in [3.8, 4) is 0 Å². The lowest BCUT2D eigenvalue weighted by molar-refractivity contribution is 1.83. The largest absolute Gasteiger partial charge is 0.0991 e. The van der Waals surface area contributed by atoms with E-state index in [-0.39, 0.29) is 0 Å².